The van der Waals surface area contributed by atoms with Crippen molar-refractivity contribution >= 4 is 5.78 Å². The number of benzene rings is 1. The van der Waals surface area contributed by atoms with Crippen molar-refractivity contribution < 1.29 is 9.90 Å². The van der Waals surface area contributed by atoms with Crippen LogP contribution in [0.1, 0.15) is 25.3 Å². The molecule has 0 unspecified atom stereocenters. The van der Waals surface area contributed by atoms with Crippen LogP contribution in [0.3, 0.4) is 0 Å². The summed E-state index contributed by atoms with van der Waals surface area (Å²) in [6.07, 6.45) is 1.30. The van der Waals surface area contributed by atoms with Gasteiger partial charge in [-0.2, -0.15) is 0 Å². The Bertz CT molecular complexity index is 358. The van der Waals surface area contributed by atoms with E-state index in [0.29, 0.717) is 19.3 Å². The monoisotopic (exact) mass is 204 g/mol. The van der Waals surface area contributed by atoms with E-state index in [1.54, 1.807) is 0 Å². The van der Waals surface area contributed by atoms with E-state index in [1.165, 1.54) is 0 Å². The molecule has 1 aliphatic rings. The Hall–Kier alpha value is -1.15. The minimum Gasteiger partial charge on any atom is -0.392 e. The molecule has 0 aliphatic heterocycles. The van der Waals surface area contributed by atoms with Gasteiger partial charge in [-0.25, -0.2) is 0 Å². The molecule has 1 saturated carbocycles. The molecule has 0 bridgehead atoms. The first-order valence-electron chi connectivity index (χ1n) is 5.38. The fraction of sp³-hybridized carbons (Fsp3) is 0.462. The van der Waals surface area contributed by atoms with E-state index in [-0.39, 0.29) is 5.78 Å². The van der Waals surface area contributed by atoms with Gasteiger partial charge in [-0.1, -0.05) is 30.3 Å². The predicted octanol–water partition coefficient (Wildman–Crippen LogP) is 1.96. The molecule has 0 spiro atoms. The van der Waals surface area contributed by atoms with Gasteiger partial charge in [0.2, 0.25) is 0 Å². The summed E-state index contributed by atoms with van der Waals surface area (Å²) in [4.78, 5) is 11.8. The molecule has 0 radical (unpaired) electrons. The van der Waals surface area contributed by atoms with Gasteiger partial charge >= 0.3 is 0 Å². The molecule has 0 aromatic heterocycles. The van der Waals surface area contributed by atoms with Gasteiger partial charge < -0.3 is 5.11 Å². The molecule has 2 nitrogen and oxygen atoms in total. The Morgan fingerprint density at radius 2 is 2.07 bits per heavy atom. The van der Waals surface area contributed by atoms with Crippen LogP contribution in [-0.2, 0) is 11.2 Å². The Balaban J connectivity index is 2.21. The highest BCUT2D eigenvalue weighted by Crippen LogP contribution is 2.37. The Morgan fingerprint density at radius 1 is 1.40 bits per heavy atom. The van der Waals surface area contributed by atoms with Crippen molar-refractivity contribution in [1.29, 1.82) is 0 Å². The van der Waals surface area contributed by atoms with Crippen molar-refractivity contribution in [2.24, 2.45) is 5.41 Å². The molecule has 15 heavy (non-hydrogen) atoms. The zero-order valence-corrected chi connectivity index (χ0v) is 8.94. The number of rotatable bonds is 2. The van der Waals surface area contributed by atoms with E-state index < -0.39 is 11.5 Å². The summed E-state index contributed by atoms with van der Waals surface area (Å²) >= 11 is 0. The van der Waals surface area contributed by atoms with Gasteiger partial charge in [0.25, 0.3) is 0 Å². The maximum Gasteiger partial charge on any atom is 0.141 e. The third kappa shape index (κ3) is 1.82. The molecule has 2 atom stereocenters. The normalized spacial score (nSPS) is 30.8. The molecule has 1 aromatic rings. The van der Waals surface area contributed by atoms with Crippen LogP contribution < -0.4 is 0 Å². The highest BCUT2D eigenvalue weighted by atomic mass is 16.3. The van der Waals surface area contributed by atoms with Crippen LogP contribution in [-0.4, -0.2) is 17.0 Å². The molecule has 2 rings (SSSR count). The van der Waals surface area contributed by atoms with Gasteiger partial charge in [0.15, 0.2) is 0 Å². The van der Waals surface area contributed by atoms with E-state index >= 15 is 0 Å². The van der Waals surface area contributed by atoms with Crippen LogP contribution in [0.15, 0.2) is 30.3 Å². The van der Waals surface area contributed by atoms with Crippen molar-refractivity contribution in [2.75, 3.05) is 0 Å². The largest absolute Gasteiger partial charge is 0.392 e. The lowest BCUT2D eigenvalue weighted by Gasteiger charge is -2.26. The fourth-order valence-electron chi connectivity index (χ4n) is 2.29. The Labute approximate surface area is 89.9 Å². The maximum atomic E-state index is 11.8. The first-order valence-corrected chi connectivity index (χ1v) is 5.38. The van der Waals surface area contributed by atoms with E-state index in [2.05, 4.69) is 0 Å². The van der Waals surface area contributed by atoms with Gasteiger partial charge in [0.05, 0.1) is 11.5 Å². The lowest BCUT2D eigenvalue weighted by Crippen LogP contribution is -2.35. The molecule has 1 fully saturated rings. The standard InChI is InChI=1S/C13H16O2/c1-13(11(14)7-8-12(13)15)9-10-5-3-2-4-6-10/h2-6,11,14H,7-9H2,1H3/t11-,13-/m1/s1. The smallest absolute Gasteiger partial charge is 0.141 e. The van der Waals surface area contributed by atoms with Gasteiger partial charge in [0.1, 0.15) is 5.78 Å². The van der Waals surface area contributed by atoms with Crippen molar-refractivity contribution in [1.82, 2.24) is 0 Å². The molecule has 0 saturated heterocycles. The molecule has 0 heterocycles. The molecule has 1 aromatic carbocycles. The molecule has 2 heteroatoms. The number of ketones is 1. The topological polar surface area (TPSA) is 37.3 Å². The first kappa shape index (κ1) is 10.4. The molecule has 0 amide bonds. The molecule has 1 N–H and O–H groups in total. The average molecular weight is 204 g/mol. The van der Waals surface area contributed by atoms with Crippen LogP contribution in [0.25, 0.3) is 0 Å². The SMILES string of the molecule is C[C@]1(Cc2ccccc2)C(=O)CC[C@H]1O. The highest BCUT2D eigenvalue weighted by molar-refractivity contribution is 5.87. The number of carbonyl (C=O) groups excluding carboxylic acids is 1. The second kappa shape index (κ2) is 3.78. The van der Waals surface area contributed by atoms with Crippen molar-refractivity contribution in [3.8, 4) is 0 Å². The zero-order chi connectivity index (χ0) is 10.9. The average Bonchev–Trinajstić information content (AvgIpc) is 2.48. The van der Waals surface area contributed by atoms with Crippen molar-refractivity contribution in [2.45, 2.75) is 32.3 Å². The van der Waals surface area contributed by atoms with Gasteiger partial charge in [-0.15, -0.1) is 0 Å². The lowest BCUT2D eigenvalue weighted by atomic mass is 9.79. The van der Waals surface area contributed by atoms with Gasteiger partial charge in [0, 0.05) is 6.42 Å². The van der Waals surface area contributed by atoms with Gasteiger partial charge in [-0.05, 0) is 25.3 Å². The summed E-state index contributed by atoms with van der Waals surface area (Å²) < 4.78 is 0. The molecular weight excluding hydrogens is 188 g/mol. The van der Waals surface area contributed by atoms with Crippen LogP contribution in [0.5, 0.6) is 0 Å². The van der Waals surface area contributed by atoms with E-state index in [1.807, 2.05) is 37.3 Å². The second-order valence-electron chi connectivity index (χ2n) is 4.56. The van der Waals surface area contributed by atoms with Crippen LogP contribution in [0.2, 0.25) is 0 Å². The minimum absolute atomic E-state index is 0.193. The maximum absolute atomic E-state index is 11.8. The molecular formula is C13H16O2. The summed E-state index contributed by atoms with van der Waals surface area (Å²) in [7, 11) is 0. The summed E-state index contributed by atoms with van der Waals surface area (Å²) in [5.41, 5.74) is 0.552. The number of aliphatic hydroxyl groups excluding tert-OH is 1. The van der Waals surface area contributed by atoms with Crippen LogP contribution in [0, 0.1) is 5.41 Å². The summed E-state index contributed by atoms with van der Waals surface area (Å²) in [6, 6.07) is 9.89. The predicted molar refractivity (Wildman–Crippen MR) is 58.5 cm³/mol. The second-order valence-corrected chi connectivity index (χ2v) is 4.56. The summed E-state index contributed by atoms with van der Waals surface area (Å²) in [5, 5.41) is 9.86. The lowest BCUT2D eigenvalue weighted by molar-refractivity contribution is -0.128. The summed E-state index contributed by atoms with van der Waals surface area (Å²) in [5.74, 6) is 0.193. The zero-order valence-electron chi connectivity index (χ0n) is 8.94. The number of hydrogen-bond donors (Lipinski definition) is 1. The van der Waals surface area contributed by atoms with Crippen molar-refractivity contribution in [3.05, 3.63) is 35.9 Å². The number of hydrogen-bond acceptors (Lipinski definition) is 2. The van der Waals surface area contributed by atoms with E-state index in [4.69, 9.17) is 0 Å². The third-order valence-corrected chi connectivity index (χ3v) is 3.43. The molecule has 80 valence electrons. The molecule has 1 aliphatic carbocycles. The first-order chi connectivity index (χ1) is 7.13. The Morgan fingerprint density at radius 3 is 2.60 bits per heavy atom. The number of Topliss-reactive ketones (excluding diaryl/α,β-unsaturated/α-hetero) is 1. The van der Waals surface area contributed by atoms with Crippen LogP contribution >= 0.6 is 0 Å². The minimum atomic E-state index is -0.568. The third-order valence-electron chi connectivity index (χ3n) is 3.43. The van der Waals surface area contributed by atoms with E-state index in [9.17, 15) is 9.90 Å². The van der Waals surface area contributed by atoms with Gasteiger partial charge in [-0.3, -0.25) is 4.79 Å². The van der Waals surface area contributed by atoms with Crippen molar-refractivity contribution in [3.63, 3.8) is 0 Å². The Kier molecular flexibility index (Phi) is 2.61. The van der Waals surface area contributed by atoms with E-state index in [0.717, 1.165) is 5.56 Å². The highest BCUT2D eigenvalue weighted by Gasteiger charge is 2.44. The number of carbonyl (C=O) groups is 1. The quantitative estimate of drug-likeness (QED) is 0.799. The fourth-order valence-corrected chi connectivity index (χ4v) is 2.29. The van der Waals surface area contributed by atoms with Crippen LogP contribution in [0.4, 0.5) is 0 Å². The summed E-state index contributed by atoms with van der Waals surface area (Å²) in [6.45, 7) is 1.88. The number of aliphatic hydroxyl groups is 1.